The van der Waals surface area contributed by atoms with Gasteiger partial charge in [-0.1, -0.05) is 37.3 Å². The van der Waals surface area contributed by atoms with Crippen molar-refractivity contribution < 1.29 is 24.2 Å². The van der Waals surface area contributed by atoms with E-state index in [1.54, 1.807) is 16.4 Å². The topological polar surface area (TPSA) is 76.1 Å². The number of hydrogen-bond acceptors (Lipinski definition) is 5. The second kappa shape index (κ2) is 11.1. The third-order valence-corrected chi connectivity index (χ3v) is 5.63. The maximum Gasteiger partial charge on any atom is 0.425 e. The molecule has 0 radical (unpaired) electrons. The van der Waals surface area contributed by atoms with Gasteiger partial charge in [0.2, 0.25) is 0 Å². The lowest BCUT2D eigenvalue weighted by atomic mass is 9.99. The Labute approximate surface area is 188 Å². The number of aliphatic carboxylic acids is 1. The fourth-order valence-corrected chi connectivity index (χ4v) is 3.54. The molecule has 7 heteroatoms. The summed E-state index contributed by atoms with van der Waals surface area (Å²) in [6.45, 7) is 7.67. The molecule has 0 spiro atoms. The Hall–Kier alpha value is -2.67. The Morgan fingerprint density at radius 2 is 1.84 bits per heavy atom. The van der Waals surface area contributed by atoms with Gasteiger partial charge in [0, 0.05) is 12.8 Å². The number of aryl methyl sites for hydroxylation is 2. The molecule has 31 heavy (non-hydrogen) atoms. The van der Waals surface area contributed by atoms with E-state index in [2.05, 4.69) is 6.92 Å². The first-order chi connectivity index (χ1) is 14.6. The highest BCUT2D eigenvalue weighted by molar-refractivity contribution is 7.96. The number of carboxylic acid groups (broad SMARTS) is 1. The van der Waals surface area contributed by atoms with Gasteiger partial charge < -0.3 is 14.6 Å². The normalized spacial score (nSPS) is 12.2. The van der Waals surface area contributed by atoms with Crippen LogP contribution < -0.4 is 9.47 Å². The molecule has 2 rings (SSSR count). The summed E-state index contributed by atoms with van der Waals surface area (Å²) in [5.41, 5.74) is 0.764. The second-order valence-electron chi connectivity index (χ2n) is 8.09. The first-order valence-corrected chi connectivity index (χ1v) is 11.4. The van der Waals surface area contributed by atoms with Gasteiger partial charge in [-0.05, 0) is 80.8 Å². The van der Waals surface area contributed by atoms with Crippen molar-refractivity contribution in [1.82, 2.24) is 4.31 Å². The predicted octanol–water partition coefficient (Wildman–Crippen LogP) is 5.58. The molecule has 168 valence electrons. The van der Waals surface area contributed by atoms with Gasteiger partial charge in [-0.2, -0.15) is 0 Å². The summed E-state index contributed by atoms with van der Waals surface area (Å²) in [7, 11) is 0. The lowest BCUT2D eigenvalue weighted by Gasteiger charge is -2.23. The van der Waals surface area contributed by atoms with E-state index in [4.69, 9.17) is 9.47 Å². The zero-order chi connectivity index (χ0) is 23.0. The van der Waals surface area contributed by atoms with E-state index in [9.17, 15) is 14.7 Å². The van der Waals surface area contributed by atoms with Gasteiger partial charge >= 0.3 is 12.1 Å². The van der Waals surface area contributed by atoms with Crippen LogP contribution >= 0.6 is 11.9 Å². The van der Waals surface area contributed by atoms with Crippen molar-refractivity contribution >= 4 is 24.0 Å². The summed E-state index contributed by atoms with van der Waals surface area (Å²) >= 11 is 1.35. The van der Waals surface area contributed by atoms with Crippen LogP contribution in [0.5, 0.6) is 11.5 Å². The molecular weight excluding hydrogens is 414 g/mol. The molecule has 1 N–H and O–H groups in total. The number of rotatable bonds is 10. The number of carboxylic acids is 1. The van der Waals surface area contributed by atoms with Crippen molar-refractivity contribution in [3.8, 4) is 11.5 Å². The fourth-order valence-electron chi connectivity index (χ4n) is 2.95. The zero-order valence-electron chi connectivity index (χ0n) is 18.8. The summed E-state index contributed by atoms with van der Waals surface area (Å²) in [6.07, 6.45) is 3.24. The third-order valence-electron chi connectivity index (χ3n) is 4.90. The van der Waals surface area contributed by atoms with Crippen molar-refractivity contribution in [2.45, 2.75) is 46.1 Å². The molecule has 0 unspecified atom stereocenters. The number of para-hydroxylation sites is 1. The molecule has 1 atom stereocenters. The van der Waals surface area contributed by atoms with Crippen LogP contribution in [0, 0.1) is 12.8 Å². The van der Waals surface area contributed by atoms with E-state index >= 15 is 0 Å². The highest BCUT2D eigenvalue weighted by Crippen LogP contribution is 2.25. The molecule has 0 saturated carbocycles. The molecule has 0 aliphatic carbocycles. The van der Waals surface area contributed by atoms with Gasteiger partial charge in [-0.25, -0.2) is 9.59 Å². The highest BCUT2D eigenvalue weighted by Gasteiger charge is 2.29. The molecule has 0 bridgehead atoms. The minimum atomic E-state index is -1.28. The summed E-state index contributed by atoms with van der Waals surface area (Å²) in [6, 6.07) is 14.9. The molecule has 2 aromatic rings. The molecule has 0 aliphatic heterocycles. The Morgan fingerprint density at radius 1 is 1.16 bits per heavy atom. The van der Waals surface area contributed by atoms with Crippen molar-refractivity contribution in [3.63, 3.8) is 0 Å². The summed E-state index contributed by atoms with van der Waals surface area (Å²) in [4.78, 5) is 23.7. The lowest BCUT2D eigenvalue weighted by Crippen LogP contribution is -2.38. The van der Waals surface area contributed by atoms with Gasteiger partial charge in [0.15, 0.2) is 5.60 Å². The Kier molecular flexibility index (Phi) is 8.80. The van der Waals surface area contributed by atoms with Crippen LogP contribution in [0.25, 0.3) is 0 Å². The minimum absolute atomic E-state index is 0.276. The first-order valence-electron chi connectivity index (χ1n) is 10.2. The maximum atomic E-state index is 12.4. The maximum absolute atomic E-state index is 12.4. The molecule has 0 saturated heterocycles. The molecule has 0 fully saturated rings. The Bertz CT molecular complexity index is 885. The van der Waals surface area contributed by atoms with Crippen LogP contribution in [0.2, 0.25) is 0 Å². The number of benzene rings is 2. The second-order valence-corrected chi connectivity index (χ2v) is 8.89. The van der Waals surface area contributed by atoms with Gasteiger partial charge in [-0.3, -0.25) is 4.31 Å². The molecule has 0 heterocycles. The van der Waals surface area contributed by atoms with Crippen LogP contribution in [0.15, 0.2) is 48.5 Å². The van der Waals surface area contributed by atoms with Crippen LogP contribution in [0.3, 0.4) is 0 Å². The Morgan fingerprint density at radius 3 is 2.42 bits per heavy atom. The van der Waals surface area contributed by atoms with E-state index in [-0.39, 0.29) is 12.0 Å². The number of ether oxygens (including phenoxy) is 2. The van der Waals surface area contributed by atoms with Crippen molar-refractivity contribution in [1.29, 1.82) is 0 Å². The lowest BCUT2D eigenvalue weighted by molar-refractivity contribution is -0.152. The number of hydrogen-bond donors (Lipinski definition) is 1. The average Bonchev–Trinajstić information content (AvgIpc) is 2.72. The van der Waals surface area contributed by atoms with Crippen LogP contribution in [-0.2, 0) is 11.2 Å². The number of amides is 1. The zero-order valence-corrected chi connectivity index (χ0v) is 19.6. The van der Waals surface area contributed by atoms with Crippen molar-refractivity contribution in [2.75, 3.05) is 12.8 Å². The smallest absolute Gasteiger partial charge is 0.425 e. The Balaban J connectivity index is 1.89. The number of nitrogens with zero attached hydrogens (tertiary/aromatic N) is 1. The predicted molar refractivity (Wildman–Crippen MR) is 124 cm³/mol. The summed E-state index contributed by atoms with van der Waals surface area (Å²) < 4.78 is 12.7. The number of carbonyl (C=O) groups excluding carboxylic acids is 1. The SMILES string of the molecule is CSN(C[C@@H](C)CCc1ccc(OC(C)(C)C(=O)O)c(C)c1)C(=O)Oc1ccccc1. The van der Waals surface area contributed by atoms with Gasteiger partial charge in [-0.15, -0.1) is 0 Å². The van der Waals surface area contributed by atoms with Crippen molar-refractivity contribution in [3.05, 3.63) is 59.7 Å². The summed E-state index contributed by atoms with van der Waals surface area (Å²) in [5, 5.41) is 9.24. The molecule has 0 aliphatic rings. The van der Waals surface area contributed by atoms with Gasteiger partial charge in [0.1, 0.15) is 11.5 Å². The van der Waals surface area contributed by atoms with E-state index in [1.807, 2.05) is 49.6 Å². The van der Waals surface area contributed by atoms with E-state index in [1.165, 1.54) is 25.8 Å². The monoisotopic (exact) mass is 445 g/mol. The molecule has 6 nitrogen and oxygen atoms in total. The first kappa shape index (κ1) is 24.6. The average molecular weight is 446 g/mol. The van der Waals surface area contributed by atoms with Crippen LogP contribution in [0.4, 0.5) is 4.79 Å². The standard InChI is InChI=1S/C24H31NO5S/c1-17(16-25(31-5)23(28)29-20-9-7-6-8-10-20)11-12-19-13-14-21(18(2)15-19)30-24(3,4)22(26)27/h6-10,13-15,17H,11-12,16H2,1-5H3,(H,26,27)/t17-/m0/s1. The largest absolute Gasteiger partial charge is 0.478 e. The quantitative estimate of drug-likeness (QED) is 0.481. The van der Waals surface area contributed by atoms with E-state index in [0.717, 1.165) is 24.0 Å². The molecule has 2 aromatic carbocycles. The van der Waals surface area contributed by atoms with Gasteiger partial charge in [0.05, 0.1) is 0 Å². The van der Waals surface area contributed by atoms with E-state index in [0.29, 0.717) is 18.0 Å². The highest BCUT2D eigenvalue weighted by atomic mass is 32.2. The van der Waals surface area contributed by atoms with Crippen LogP contribution in [0.1, 0.15) is 38.3 Å². The number of carbonyl (C=O) groups is 2. The van der Waals surface area contributed by atoms with E-state index < -0.39 is 11.6 Å². The van der Waals surface area contributed by atoms with Crippen LogP contribution in [-0.4, -0.2) is 39.9 Å². The third kappa shape index (κ3) is 7.51. The van der Waals surface area contributed by atoms with Gasteiger partial charge in [0.25, 0.3) is 0 Å². The molecule has 1 amide bonds. The summed E-state index contributed by atoms with van der Waals surface area (Å²) in [5.74, 6) is 0.372. The fraction of sp³-hybridized carbons (Fsp3) is 0.417. The molecule has 0 aromatic heterocycles. The minimum Gasteiger partial charge on any atom is -0.478 e. The van der Waals surface area contributed by atoms with Crippen molar-refractivity contribution in [2.24, 2.45) is 5.92 Å². The molecular formula is C24H31NO5S.